The van der Waals surface area contributed by atoms with Gasteiger partial charge in [0.05, 0.1) is 19.3 Å². The normalized spacial score (nSPS) is 15.0. The van der Waals surface area contributed by atoms with Crippen molar-refractivity contribution in [3.8, 4) is 0 Å². The summed E-state index contributed by atoms with van der Waals surface area (Å²) in [6.07, 6.45) is 4.33. The van der Waals surface area contributed by atoms with E-state index in [4.69, 9.17) is 4.74 Å². The minimum atomic E-state index is -0.551. The molecule has 0 spiro atoms. The molecule has 2 unspecified atom stereocenters. The predicted octanol–water partition coefficient (Wildman–Crippen LogP) is 2.54. The standard InChI is InChI=1S/C17H37N3O2/c1-6-8-9-10-15(5)20-17(18-7-2)19-11-16(21)13-22-12-14(3)4/h14-16,21H,6-13H2,1-5H3,(H2,18,19,20). The van der Waals surface area contributed by atoms with E-state index in [0.29, 0.717) is 31.7 Å². The van der Waals surface area contributed by atoms with Crippen LogP contribution in [0.1, 0.15) is 60.3 Å². The molecule has 0 fully saturated rings. The topological polar surface area (TPSA) is 65.9 Å². The fourth-order valence-corrected chi connectivity index (χ4v) is 2.02. The molecule has 0 aliphatic rings. The zero-order valence-electron chi connectivity index (χ0n) is 15.2. The lowest BCUT2D eigenvalue weighted by atomic mass is 10.1. The van der Waals surface area contributed by atoms with E-state index in [1.165, 1.54) is 19.3 Å². The zero-order chi connectivity index (χ0) is 16.8. The Morgan fingerprint density at radius 1 is 1.14 bits per heavy atom. The van der Waals surface area contributed by atoms with Crippen molar-refractivity contribution in [1.29, 1.82) is 0 Å². The van der Waals surface area contributed by atoms with Gasteiger partial charge < -0.3 is 20.5 Å². The van der Waals surface area contributed by atoms with Crippen LogP contribution in [0.3, 0.4) is 0 Å². The molecule has 0 aliphatic heterocycles. The molecule has 0 aliphatic carbocycles. The van der Waals surface area contributed by atoms with E-state index in [1.807, 2.05) is 6.92 Å². The molecule has 0 aromatic heterocycles. The number of unbranched alkanes of at least 4 members (excludes halogenated alkanes) is 2. The Bertz CT molecular complexity index is 283. The van der Waals surface area contributed by atoms with Gasteiger partial charge >= 0.3 is 0 Å². The summed E-state index contributed by atoms with van der Waals surface area (Å²) in [5.41, 5.74) is 0. The third-order valence-corrected chi connectivity index (χ3v) is 3.19. The molecule has 5 heteroatoms. The smallest absolute Gasteiger partial charge is 0.191 e. The van der Waals surface area contributed by atoms with Crippen LogP contribution in [0.15, 0.2) is 4.99 Å². The van der Waals surface area contributed by atoms with Gasteiger partial charge in [-0.25, -0.2) is 0 Å². The van der Waals surface area contributed by atoms with Crippen molar-refractivity contribution < 1.29 is 9.84 Å². The molecule has 5 nitrogen and oxygen atoms in total. The number of nitrogens with one attached hydrogen (secondary N) is 2. The van der Waals surface area contributed by atoms with Gasteiger partial charge in [0, 0.05) is 19.2 Å². The largest absolute Gasteiger partial charge is 0.389 e. The van der Waals surface area contributed by atoms with Crippen molar-refractivity contribution in [3.05, 3.63) is 0 Å². The maximum Gasteiger partial charge on any atom is 0.191 e. The summed E-state index contributed by atoms with van der Waals surface area (Å²) in [5.74, 6) is 1.26. The predicted molar refractivity (Wildman–Crippen MR) is 94.4 cm³/mol. The van der Waals surface area contributed by atoms with Crippen LogP contribution in [0.4, 0.5) is 0 Å². The van der Waals surface area contributed by atoms with Gasteiger partial charge in [-0.2, -0.15) is 0 Å². The minimum Gasteiger partial charge on any atom is -0.389 e. The second kappa shape index (κ2) is 13.8. The number of ether oxygens (including phenoxy) is 1. The molecule has 0 saturated carbocycles. The number of hydrogen-bond donors (Lipinski definition) is 3. The maximum atomic E-state index is 9.90. The van der Waals surface area contributed by atoms with Crippen molar-refractivity contribution in [1.82, 2.24) is 10.6 Å². The molecule has 22 heavy (non-hydrogen) atoms. The molecular formula is C17H37N3O2. The number of aliphatic imine (C=N–C) groups is 1. The molecule has 0 bridgehead atoms. The number of aliphatic hydroxyl groups is 1. The van der Waals surface area contributed by atoms with Crippen molar-refractivity contribution in [3.63, 3.8) is 0 Å². The van der Waals surface area contributed by atoms with Gasteiger partial charge in [-0.3, -0.25) is 4.99 Å². The van der Waals surface area contributed by atoms with E-state index in [-0.39, 0.29) is 0 Å². The lowest BCUT2D eigenvalue weighted by Gasteiger charge is -2.18. The Labute approximate surface area is 136 Å². The monoisotopic (exact) mass is 315 g/mol. The third kappa shape index (κ3) is 12.9. The average Bonchev–Trinajstić information content (AvgIpc) is 2.45. The van der Waals surface area contributed by atoms with Gasteiger partial charge in [0.2, 0.25) is 0 Å². The van der Waals surface area contributed by atoms with Crippen LogP contribution >= 0.6 is 0 Å². The van der Waals surface area contributed by atoms with Crippen LogP contribution < -0.4 is 10.6 Å². The average molecular weight is 316 g/mol. The van der Waals surface area contributed by atoms with Crippen LogP contribution in [0.25, 0.3) is 0 Å². The number of aliphatic hydroxyl groups excluding tert-OH is 1. The van der Waals surface area contributed by atoms with Gasteiger partial charge in [-0.05, 0) is 26.2 Å². The van der Waals surface area contributed by atoms with E-state index in [2.05, 4.69) is 43.3 Å². The van der Waals surface area contributed by atoms with Gasteiger partial charge in [0.1, 0.15) is 0 Å². The molecule has 0 aromatic rings. The molecule has 2 atom stereocenters. The lowest BCUT2D eigenvalue weighted by molar-refractivity contribution is 0.0301. The molecule has 0 amide bonds. The third-order valence-electron chi connectivity index (χ3n) is 3.19. The van der Waals surface area contributed by atoms with Crippen molar-refractivity contribution in [2.45, 2.75) is 72.4 Å². The first-order chi connectivity index (χ1) is 10.5. The number of hydrogen-bond acceptors (Lipinski definition) is 3. The number of nitrogens with zero attached hydrogens (tertiary/aromatic N) is 1. The van der Waals surface area contributed by atoms with Crippen LogP contribution in [-0.2, 0) is 4.74 Å². The molecule has 0 aromatic carbocycles. The number of rotatable bonds is 12. The lowest BCUT2D eigenvalue weighted by Crippen LogP contribution is -2.42. The Morgan fingerprint density at radius 3 is 2.45 bits per heavy atom. The Morgan fingerprint density at radius 2 is 1.86 bits per heavy atom. The summed E-state index contributed by atoms with van der Waals surface area (Å²) < 4.78 is 5.44. The number of guanidine groups is 1. The summed E-state index contributed by atoms with van der Waals surface area (Å²) >= 11 is 0. The van der Waals surface area contributed by atoms with Crippen LogP contribution in [0.2, 0.25) is 0 Å². The SMILES string of the molecule is CCCCCC(C)NC(=NCC(O)COCC(C)C)NCC. The summed E-state index contributed by atoms with van der Waals surface area (Å²) in [6.45, 7) is 12.8. The van der Waals surface area contributed by atoms with Gasteiger partial charge in [-0.15, -0.1) is 0 Å². The highest BCUT2D eigenvalue weighted by Crippen LogP contribution is 2.02. The van der Waals surface area contributed by atoms with Crippen molar-refractivity contribution in [2.75, 3.05) is 26.3 Å². The molecular weight excluding hydrogens is 278 g/mol. The second-order valence-corrected chi connectivity index (χ2v) is 6.35. The first-order valence-corrected chi connectivity index (χ1v) is 8.80. The second-order valence-electron chi connectivity index (χ2n) is 6.35. The van der Waals surface area contributed by atoms with Gasteiger partial charge in [-0.1, -0.05) is 40.0 Å². The summed E-state index contributed by atoms with van der Waals surface area (Å²) in [4.78, 5) is 4.44. The highest BCUT2D eigenvalue weighted by molar-refractivity contribution is 5.80. The Kier molecular flexibility index (Phi) is 13.3. The molecule has 132 valence electrons. The molecule has 0 saturated heterocycles. The molecule has 0 heterocycles. The van der Waals surface area contributed by atoms with Crippen LogP contribution in [0, 0.1) is 5.92 Å². The molecule has 0 rings (SSSR count). The van der Waals surface area contributed by atoms with E-state index in [9.17, 15) is 5.11 Å². The first-order valence-electron chi connectivity index (χ1n) is 8.80. The zero-order valence-corrected chi connectivity index (χ0v) is 15.2. The van der Waals surface area contributed by atoms with Crippen LogP contribution in [0.5, 0.6) is 0 Å². The highest BCUT2D eigenvalue weighted by atomic mass is 16.5. The fraction of sp³-hybridized carbons (Fsp3) is 0.941. The van der Waals surface area contributed by atoms with Gasteiger partial charge in [0.15, 0.2) is 5.96 Å². The Hall–Kier alpha value is -0.810. The van der Waals surface area contributed by atoms with E-state index in [1.54, 1.807) is 0 Å². The van der Waals surface area contributed by atoms with E-state index >= 15 is 0 Å². The molecule has 0 radical (unpaired) electrons. The fourth-order valence-electron chi connectivity index (χ4n) is 2.02. The Balaban J connectivity index is 4.12. The maximum absolute atomic E-state index is 9.90. The summed E-state index contributed by atoms with van der Waals surface area (Å²) in [7, 11) is 0. The first kappa shape index (κ1) is 21.2. The van der Waals surface area contributed by atoms with Crippen molar-refractivity contribution in [2.24, 2.45) is 10.9 Å². The van der Waals surface area contributed by atoms with Gasteiger partial charge in [0.25, 0.3) is 0 Å². The van der Waals surface area contributed by atoms with E-state index in [0.717, 1.165) is 18.9 Å². The quantitative estimate of drug-likeness (QED) is 0.294. The van der Waals surface area contributed by atoms with Crippen LogP contribution in [-0.4, -0.2) is 49.5 Å². The van der Waals surface area contributed by atoms with Crippen molar-refractivity contribution >= 4 is 5.96 Å². The highest BCUT2D eigenvalue weighted by Gasteiger charge is 2.08. The summed E-state index contributed by atoms with van der Waals surface area (Å²) in [5, 5.41) is 16.5. The minimum absolute atomic E-state index is 0.340. The summed E-state index contributed by atoms with van der Waals surface area (Å²) in [6, 6.07) is 0.388. The molecule has 3 N–H and O–H groups in total. The van der Waals surface area contributed by atoms with E-state index < -0.39 is 6.10 Å².